The van der Waals surface area contributed by atoms with Crippen LogP contribution in [-0.4, -0.2) is 41.2 Å². The summed E-state index contributed by atoms with van der Waals surface area (Å²) in [5, 5.41) is 10.00. The van der Waals surface area contributed by atoms with Crippen molar-refractivity contribution in [2.24, 2.45) is 0 Å². The Balaban J connectivity index is 2.51. The van der Waals surface area contributed by atoms with Gasteiger partial charge in [-0.3, -0.25) is 0 Å². The molecule has 0 saturated carbocycles. The van der Waals surface area contributed by atoms with E-state index >= 15 is 0 Å². The Hall–Kier alpha value is -1.06. The van der Waals surface area contributed by atoms with Gasteiger partial charge in [0.1, 0.15) is 6.54 Å². The van der Waals surface area contributed by atoms with Gasteiger partial charge >= 0.3 is 11.9 Å². The van der Waals surface area contributed by atoms with Crippen LogP contribution in [0.15, 0.2) is 0 Å². The van der Waals surface area contributed by atoms with E-state index in [9.17, 15) is 9.90 Å². The molecule has 0 amide bonds. The molecule has 0 bridgehead atoms. The molecule has 4 nitrogen and oxygen atoms in total. The van der Waals surface area contributed by atoms with Gasteiger partial charge in [0.25, 0.3) is 6.04 Å². The number of ether oxygens (including phenoxy) is 1. The van der Waals surface area contributed by atoms with E-state index in [1.54, 1.807) is 4.58 Å². The Morgan fingerprint density at radius 3 is 2.82 bits per heavy atom. The summed E-state index contributed by atoms with van der Waals surface area (Å²) in [7, 11) is 1.40. The van der Waals surface area contributed by atoms with E-state index in [2.05, 4.69) is 6.92 Å². The second-order valence-corrected chi connectivity index (χ2v) is 4.60. The molecule has 4 heteroatoms. The third kappa shape index (κ3) is 4.02. The molecule has 0 radical (unpaired) electrons. The summed E-state index contributed by atoms with van der Waals surface area (Å²) in [5.41, 5.74) is 0. The molecule has 0 aromatic heterocycles. The van der Waals surface area contributed by atoms with E-state index < -0.39 is 0 Å². The zero-order valence-electron chi connectivity index (χ0n) is 10.9. The minimum atomic E-state index is -0.272. The van der Waals surface area contributed by atoms with Crippen molar-refractivity contribution in [1.82, 2.24) is 0 Å². The summed E-state index contributed by atoms with van der Waals surface area (Å²) in [6.45, 7) is 2.93. The van der Waals surface area contributed by atoms with Gasteiger partial charge in [-0.05, 0) is 6.42 Å². The summed E-state index contributed by atoms with van der Waals surface area (Å²) < 4.78 is 6.56. The van der Waals surface area contributed by atoms with Crippen molar-refractivity contribution in [1.29, 1.82) is 0 Å². The molecule has 1 N–H and O–H groups in total. The Bertz CT molecular complexity index is 286. The molecule has 0 aromatic carbocycles. The zero-order chi connectivity index (χ0) is 12.7. The number of carbonyl (C=O) groups is 1. The highest BCUT2D eigenvalue weighted by molar-refractivity contribution is 5.76. The predicted octanol–water partition coefficient (Wildman–Crippen LogP) is 2.26. The van der Waals surface area contributed by atoms with Crippen LogP contribution in [0.4, 0.5) is 0 Å². The fourth-order valence-corrected chi connectivity index (χ4v) is 2.31. The zero-order valence-corrected chi connectivity index (χ0v) is 10.9. The number of unbranched alkanes of at least 4 members (excludes halogenated alkanes) is 3. The van der Waals surface area contributed by atoms with Crippen molar-refractivity contribution >= 4 is 11.9 Å². The lowest BCUT2D eigenvalue weighted by molar-refractivity contribution is -0.541. The van der Waals surface area contributed by atoms with Gasteiger partial charge in [-0.25, -0.2) is 4.79 Å². The van der Waals surface area contributed by atoms with Crippen molar-refractivity contribution in [2.75, 3.05) is 13.7 Å². The maximum Gasteiger partial charge on any atom is 0.375 e. The van der Waals surface area contributed by atoms with Gasteiger partial charge in [-0.15, -0.1) is 0 Å². The lowest BCUT2D eigenvalue weighted by atomic mass is 10.1. The first kappa shape index (κ1) is 14.0. The quantitative estimate of drug-likeness (QED) is 0.336. The number of aliphatic hydroxyl groups is 1. The van der Waals surface area contributed by atoms with Crippen molar-refractivity contribution in [3.05, 3.63) is 0 Å². The molecule has 1 heterocycles. The number of aliphatic hydroxyl groups excluding tert-OH is 1. The summed E-state index contributed by atoms with van der Waals surface area (Å²) in [5.74, 6) is 0.122. The average Bonchev–Trinajstić information content (AvgIpc) is 2.82. The van der Waals surface area contributed by atoms with Crippen LogP contribution in [0.2, 0.25) is 0 Å². The van der Waals surface area contributed by atoms with Gasteiger partial charge in [-0.2, -0.15) is 4.58 Å². The molecule has 0 aliphatic carbocycles. The van der Waals surface area contributed by atoms with Crippen LogP contribution >= 0.6 is 0 Å². The normalized spacial score (nSPS) is 22.6. The highest BCUT2D eigenvalue weighted by atomic mass is 16.5. The van der Waals surface area contributed by atoms with Gasteiger partial charge < -0.3 is 9.84 Å². The molecular weight excluding hydrogens is 218 g/mol. The van der Waals surface area contributed by atoms with Crippen LogP contribution in [0, 0.1) is 0 Å². The lowest BCUT2D eigenvalue weighted by Gasteiger charge is -2.07. The summed E-state index contributed by atoms with van der Waals surface area (Å²) in [6.07, 6.45) is 6.92. The van der Waals surface area contributed by atoms with E-state index in [0.29, 0.717) is 12.3 Å². The third-order valence-corrected chi connectivity index (χ3v) is 3.31. The molecule has 1 unspecified atom stereocenters. The largest absolute Gasteiger partial charge is 0.464 e. The Morgan fingerprint density at radius 1 is 1.41 bits per heavy atom. The van der Waals surface area contributed by atoms with Crippen LogP contribution in [-0.2, 0) is 9.53 Å². The number of nitrogens with zero attached hydrogens (tertiary/aromatic N) is 1. The van der Waals surface area contributed by atoms with Gasteiger partial charge in [0.05, 0.1) is 13.5 Å². The van der Waals surface area contributed by atoms with Gasteiger partial charge in [-0.1, -0.05) is 26.2 Å². The van der Waals surface area contributed by atoms with Crippen LogP contribution in [0.1, 0.15) is 51.9 Å². The van der Waals surface area contributed by atoms with Crippen molar-refractivity contribution in [3.63, 3.8) is 0 Å². The van der Waals surface area contributed by atoms with Crippen LogP contribution < -0.4 is 0 Å². The molecule has 1 aliphatic heterocycles. The van der Waals surface area contributed by atoms with E-state index in [4.69, 9.17) is 4.74 Å². The average molecular weight is 242 g/mol. The molecule has 1 aliphatic rings. The maximum atomic E-state index is 11.5. The van der Waals surface area contributed by atoms with Crippen molar-refractivity contribution in [2.45, 2.75) is 57.9 Å². The molecule has 1 saturated heterocycles. The second kappa shape index (κ2) is 7.30. The van der Waals surface area contributed by atoms with Gasteiger partial charge in [0.15, 0.2) is 0 Å². The fraction of sp³-hybridized carbons (Fsp3) is 0.846. The van der Waals surface area contributed by atoms with Crippen LogP contribution in [0.5, 0.6) is 0 Å². The predicted molar refractivity (Wildman–Crippen MR) is 66.6 cm³/mol. The van der Waals surface area contributed by atoms with E-state index in [1.165, 1.54) is 20.0 Å². The number of hydrogen-bond acceptors (Lipinski definition) is 2. The summed E-state index contributed by atoms with van der Waals surface area (Å²) >= 11 is 0. The first-order chi connectivity index (χ1) is 8.20. The smallest absolute Gasteiger partial charge is 0.375 e. The van der Waals surface area contributed by atoms with E-state index in [0.717, 1.165) is 32.2 Å². The number of esters is 1. The summed E-state index contributed by atoms with van der Waals surface area (Å²) in [4.78, 5) is 11.5. The molecule has 98 valence electrons. The van der Waals surface area contributed by atoms with Crippen LogP contribution in [0.25, 0.3) is 0 Å². The number of methoxy groups -OCH3 is 1. The molecule has 1 atom stereocenters. The molecule has 17 heavy (non-hydrogen) atoms. The summed E-state index contributed by atoms with van der Waals surface area (Å²) in [6, 6.07) is -0.272. The number of rotatable bonds is 6. The number of hydrogen-bond donors (Lipinski definition) is 1. The maximum absolute atomic E-state index is 11.5. The molecule has 1 rings (SSSR count). The highest BCUT2D eigenvalue weighted by Gasteiger charge is 2.37. The Kier molecular flexibility index (Phi) is 6.01. The fourth-order valence-electron chi connectivity index (χ4n) is 2.31. The minimum absolute atomic E-state index is 0.234. The Morgan fingerprint density at radius 2 is 2.18 bits per heavy atom. The molecule has 1 fully saturated rings. The lowest BCUT2D eigenvalue weighted by Crippen LogP contribution is -2.34. The first-order valence-corrected chi connectivity index (χ1v) is 6.60. The first-order valence-electron chi connectivity index (χ1n) is 6.60. The van der Waals surface area contributed by atoms with Gasteiger partial charge in [0, 0.05) is 12.8 Å². The van der Waals surface area contributed by atoms with Crippen molar-refractivity contribution in [3.8, 4) is 0 Å². The Labute approximate surface area is 103 Å². The monoisotopic (exact) mass is 242 g/mol. The van der Waals surface area contributed by atoms with Crippen LogP contribution in [0.3, 0.4) is 0 Å². The van der Waals surface area contributed by atoms with Crippen molar-refractivity contribution < 1.29 is 19.2 Å². The van der Waals surface area contributed by atoms with E-state index in [-0.39, 0.29) is 12.0 Å². The standard InChI is InChI=1S/C13H23NO3/c1-3-4-5-6-9-12(15)14-10-7-8-11(14)13(16)17-2/h11H,3-10H2,1-2H3/p+1. The minimum Gasteiger partial charge on any atom is -0.464 e. The molecule has 0 spiro atoms. The second-order valence-electron chi connectivity index (χ2n) is 4.60. The molecular formula is C13H24NO3+. The highest BCUT2D eigenvalue weighted by Crippen LogP contribution is 2.15. The topological polar surface area (TPSA) is 49.5 Å². The number of carbonyl (C=O) groups excluding carboxylic acids is 1. The SMILES string of the molecule is CCCCCCC(O)=[N+]1CCCC1C(=O)OC. The third-order valence-electron chi connectivity index (χ3n) is 3.31. The van der Waals surface area contributed by atoms with Gasteiger partial charge in [0.2, 0.25) is 0 Å². The van der Waals surface area contributed by atoms with E-state index in [1.807, 2.05) is 0 Å². The molecule has 0 aromatic rings.